The van der Waals surface area contributed by atoms with Gasteiger partial charge in [0, 0.05) is 26.2 Å². The van der Waals surface area contributed by atoms with Crippen LogP contribution in [0.1, 0.15) is 11.6 Å². The molecule has 1 N–H and O–H groups in total. The van der Waals surface area contributed by atoms with E-state index in [-0.39, 0.29) is 5.02 Å². The van der Waals surface area contributed by atoms with E-state index in [0.717, 1.165) is 0 Å². The lowest BCUT2D eigenvalue weighted by atomic mass is 10.0. The van der Waals surface area contributed by atoms with Gasteiger partial charge in [-0.2, -0.15) is 0 Å². The summed E-state index contributed by atoms with van der Waals surface area (Å²) >= 11 is 11.9. The van der Waals surface area contributed by atoms with Crippen LogP contribution in [0.15, 0.2) is 18.2 Å². The van der Waals surface area contributed by atoms with Gasteiger partial charge in [0.2, 0.25) is 0 Å². The monoisotopic (exact) mass is 294 g/mol. The zero-order valence-corrected chi connectivity index (χ0v) is 11.2. The van der Waals surface area contributed by atoms with Gasteiger partial charge in [-0.05, 0) is 11.6 Å². The van der Waals surface area contributed by atoms with E-state index in [0.29, 0.717) is 36.8 Å². The summed E-state index contributed by atoms with van der Waals surface area (Å²) in [6.07, 6.45) is -2.49. The first kappa shape index (κ1) is 14.0. The van der Waals surface area contributed by atoms with Crippen molar-refractivity contribution in [2.45, 2.75) is 12.5 Å². The number of piperazine rings is 1. The molecule has 1 aliphatic heterocycles. The summed E-state index contributed by atoms with van der Waals surface area (Å²) in [6.45, 7) is 2.58. The summed E-state index contributed by atoms with van der Waals surface area (Å²) in [5.74, 6) is 0. The fourth-order valence-electron chi connectivity index (χ4n) is 2.20. The molecule has 0 spiro atoms. The van der Waals surface area contributed by atoms with Gasteiger partial charge in [-0.1, -0.05) is 35.3 Å². The van der Waals surface area contributed by atoms with Crippen LogP contribution in [0.5, 0.6) is 0 Å². The molecule has 18 heavy (non-hydrogen) atoms. The largest absolute Gasteiger partial charge is 0.314 e. The van der Waals surface area contributed by atoms with Crippen LogP contribution in [0.3, 0.4) is 0 Å². The number of halogens is 4. The Hall–Kier alpha value is -0.420. The zero-order valence-electron chi connectivity index (χ0n) is 9.67. The lowest BCUT2D eigenvalue weighted by Crippen LogP contribution is -2.47. The normalized spacial score (nSPS) is 19.2. The van der Waals surface area contributed by atoms with Gasteiger partial charge in [0.1, 0.15) is 0 Å². The van der Waals surface area contributed by atoms with E-state index in [1.54, 1.807) is 23.1 Å². The summed E-state index contributed by atoms with van der Waals surface area (Å²) in [4.78, 5) is 1.75. The minimum atomic E-state index is -2.49. The predicted octanol–water partition coefficient (Wildman–Crippen LogP) is 3.20. The van der Waals surface area contributed by atoms with Crippen LogP contribution in [0.25, 0.3) is 0 Å². The SMILES string of the molecule is FC(F)[C@@H](c1cccc(Cl)c1Cl)N1CCNCC1. The molecule has 100 valence electrons. The molecule has 2 nitrogen and oxygen atoms in total. The maximum atomic E-state index is 13.3. The van der Waals surface area contributed by atoms with Crippen LogP contribution < -0.4 is 5.32 Å². The Balaban J connectivity index is 2.31. The van der Waals surface area contributed by atoms with Crippen molar-refractivity contribution in [1.82, 2.24) is 10.2 Å². The minimum Gasteiger partial charge on any atom is -0.314 e. The Morgan fingerprint density at radius 2 is 1.83 bits per heavy atom. The second-order valence-corrected chi connectivity index (χ2v) is 4.99. The van der Waals surface area contributed by atoms with E-state index in [1.165, 1.54) is 0 Å². The standard InChI is InChI=1S/C12H14Cl2F2N2/c13-9-3-1-2-8(10(9)14)11(12(15)16)18-6-4-17-5-7-18/h1-3,11-12,17H,4-7H2/t11-/m1/s1. The van der Waals surface area contributed by atoms with E-state index in [2.05, 4.69) is 5.32 Å². The second kappa shape index (κ2) is 6.15. The molecule has 0 bridgehead atoms. The van der Waals surface area contributed by atoms with E-state index in [4.69, 9.17) is 23.2 Å². The average Bonchev–Trinajstić information content (AvgIpc) is 2.36. The number of alkyl halides is 2. The fourth-order valence-corrected chi connectivity index (χ4v) is 2.62. The van der Waals surface area contributed by atoms with Crippen molar-refractivity contribution < 1.29 is 8.78 Å². The minimum absolute atomic E-state index is 0.225. The van der Waals surface area contributed by atoms with E-state index in [1.807, 2.05) is 0 Å². The molecule has 1 saturated heterocycles. The molecule has 0 aromatic heterocycles. The van der Waals surface area contributed by atoms with E-state index in [9.17, 15) is 8.78 Å². The molecule has 1 aliphatic rings. The molecule has 0 amide bonds. The van der Waals surface area contributed by atoms with Crippen LogP contribution in [0, 0.1) is 0 Å². The third-order valence-electron chi connectivity index (χ3n) is 3.08. The second-order valence-electron chi connectivity index (χ2n) is 4.21. The number of rotatable bonds is 3. The third-order valence-corrected chi connectivity index (χ3v) is 3.92. The van der Waals surface area contributed by atoms with Crippen molar-refractivity contribution in [3.8, 4) is 0 Å². The summed E-state index contributed by atoms with van der Waals surface area (Å²) in [7, 11) is 0. The zero-order chi connectivity index (χ0) is 13.1. The molecule has 1 heterocycles. The summed E-state index contributed by atoms with van der Waals surface area (Å²) in [5.41, 5.74) is 0.404. The van der Waals surface area contributed by atoms with Gasteiger partial charge in [-0.15, -0.1) is 0 Å². The van der Waals surface area contributed by atoms with Crippen LogP contribution >= 0.6 is 23.2 Å². The lowest BCUT2D eigenvalue weighted by molar-refractivity contribution is 0.0182. The maximum absolute atomic E-state index is 13.3. The van der Waals surface area contributed by atoms with Gasteiger partial charge in [0.15, 0.2) is 0 Å². The van der Waals surface area contributed by atoms with Crippen molar-refractivity contribution in [3.05, 3.63) is 33.8 Å². The first-order chi connectivity index (χ1) is 8.61. The Labute approximate surface area is 115 Å². The highest BCUT2D eigenvalue weighted by Gasteiger charge is 2.31. The average molecular weight is 295 g/mol. The Bertz CT molecular complexity index is 409. The van der Waals surface area contributed by atoms with Gasteiger partial charge >= 0.3 is 0 Å². The summed E-state index contributed by atoms with van der Waals surface area (Å²) in [5, 5.41) is 3.68. The van der Waals surface area contributed by atoms with E-state index >= 15 is 0 Å². The molecular formula is C12H14Cl2F2N2. The van der Waals surface area contributed by atoms with Crippen molar-refractivity contribution in [3.63, 3.8) is 0 Å². The van der Waals surface area contributed by atoms with Gasteiger partial charge in [-0.3, -0.25) is 4.90 Å². The molecule has 0 radical (unpaired) electrons. The first-order valence-electron chi connectivity index (χ1n) is 5.78. The van der Waals surface area contributed by atoms with E-state index < -0.39 is 12.5 Å². The first-order valence-corrected chi connectivity index (χ1v) is 6.53. The molecule has 1 atom stereocenters. The van der Waals surface area contributed by atoms with Gasteiger partial charge < -0.3 is 5.32 Å². The lowest BCUT2D eigenvalue weighted by Gasteiger charge is -2.35. The van der Waals surface area contributed by atoms with Crippen LogP contribution in [0.2, 0.25) is 10.0 Å². The van der Waals surface area contributed by atoms with Gasteiger partial charge in [-0.25, -0.2) is 8.78 Å². The van der Waals surface area contributed by atoms with Crippen LogP contribution in [0.4, 0.5) is 8.78 Å². The Morgan fingerprint density at radius 3 is 2.44 bits per heavy atom. The number of hydrogen-bond donors (Lipinski definition) is 1. The maximum Gasteiger partial charge on any atom is 0.258 e. The van der Waals surface area contributed by atoms with Crippen molar-refractivity contribution >= 4 is 23.2 Å². The van der Waals surface area contributed by atoms with Crippen molar-refractivity contribution in [2.24, 2.45) is 0 Å². The van der Waals surface area contributed by atoms with Crippen LogP contribution in [-0.4, -0.2) is 37.5 Å². The fraction of sp³-hybridized carbons (Fsp3) is 0.500. The Morgan fingerprint density at radius 1 is 1.17 bits per heavy atom. The number of benzene rings is 1. The molecule has 0 unspecified atom stereocenters. The highest BCUT2D eigenvalue weighted by Crippen LogP contribution is 2.36. The smallest absolute Gasteiger partial charge is 0.258 e. The summed E-state index contributed by atoms with van der Waals surface area (Å²) in [6, 6.07) is 3.89. The highest BCUT2D eigenvalue weighted by molar-refractivity contribution is 6.42. The molecule has 0 saturated carbocycles. The topological polar surface area (TPSA) is 15.3 Å². The molecule has 0 aliphatic carbocycles. The van der Waals surface area contributed by atoms with Crippen molar-refractivity contribution in [1.29, 1.82) is 0 Å². The van der Waals surface area contributed by atoms with Gasteiger partial charge in [0.05, 0.1) is 16.1 Å². The Kier molecular flexibility index (Phi) is 4.78. The molecule has 1 aromatic rings. The number of hydrogen-bond acceptors (Lipinski definition) is 2. The van der Waals surface area contributed by atoms with Gasteiger partial charge in [0.25, 0.3) is 6.43 Å². The number of nitrogens with one attached hydrogen (secondary N) is 1. The third kappa shape index (κ3) is 2.94. The van der Waals surface area contributed by atoms with Crippen molar-refractivity contribution in [2.75, 3.05) is 26.2 Å². The molecule has 2 rings (SSSR count). The molecule has 1 fully saturated rings. The predicted molar refractivity (Wildman–Crippen MR) is 69.6 cm³/mol. The molecule has 1 aromatic carbocycles. The summed E-state index contributed by atoms with van der Waals surface area (Å²) < 4.78 is 26.6. The van der Waals surface area contributed by atoms with Crippen LogP contribution in [-0.2, 0) is 0 Å². The molecule has 6 heteroatoms. The highest BCUT2D eigenvalue weighted by atomic mass is 35.5. The number of nitrogens with zero attached hydrogens (tertiary/aromatic N) is 1. The molecular weight excluding hydrogens is 281 g/mol. The quantitative estimate of drug-likeness (QED) is 0.921.